The van der Waals surface area contributed by atoms with Crippen LogP contribution in [0.2, 0.25) is 0 Å². The summed E-state index contributed by atoms with van der Waals surface area (Å²) >= 11 is 0. The highest BCUT2D eigenvalue weighted by molar-refractivity contribution is 5.39. The third-order valence-electron chi connectivity index (χ3n) is 4.19. The lowest BCUT2D eigenvalue weighted by atomic mass is 9.84. The van der Waals surface area contributed by atoms with Gasteiger partial charge in [-0.25, -0.2) is 0 Å². The van der Waals surface area contributed by atoms with Gasteiger partial charge < -0.3 is 10.5 Å². The van der Waals surface area contributed by atoms with Gasteiger partial charge in [0.2, 0.25) is 0 Å². The zero-order chi connectivity index (χ0) is 15.2. The van der Waals surface area contributed by atoms with E-state index in [0.717, 1.165) is 24.5 Å². The molecule has 0 amide bonds. The van der Waals surface area contributed by atoms with Crippen molar-refractivity contribution < 1.29 is 4.74 Å². The molecule has 0 radical (unpaired) electrons. The van der Waals surface area contributed by atoms with Gasteiger partial charge >= 0.3 is 0 Å². The van der Waals surface area contributed by atoms with Gasteiger partial charge in [-0.3, -0.25) is 0 Å². The van der Waals surface area contributed by atoms with E-state index in [2.05, 4.69) is 39.0 Å². The van der Waals surface area contributed by atoms with E-state index in [1.807, 2.05) is 30.3 Å². The molecule has 21 heavy (non-hydrogen) atoms. The molecule has 2 aromatic carbocycles. The molecule has 2 aromatic rings. The zero-order valence-corrected chi connectivity index (χ0v) is 13.2. The first-order chi connectivity index (χ1) is 10.1. The lowest BCUT2D eigenvalue weighted by Crippen LogP contribution is -2.12. The first-order valence-corrected chi connectivity index (χ1v) is 7.65. The molecule has 0 spiro atoms. The SMILES string of the molecule is Cc1cc(Oc2ccccc2)ccc1C(C)C(C)CCN. The van der Waals surface area contributed by atoms with Crippen LogP contribution in [0.25, 0.3) is 0 Å². The van der Waals surface area contributed by atoms with Crippen molar-refractivity contribution >= 4 is 0 Å². The summed E-state index contributed by atoms with van der Waals surface area (Å²) in [5, 5.41) is 0. The maximum atomic E-state index is 5.88. The second kappa shape index (κ2) is 7.28. The quantitative estimate of drug-likeness (QED) is 0.820. The standard InChI is InChI=1S/C19H25NO/c1-14(11-12-20)16(3)19-10-9-18(13-15(19)2)21-17-7-5-4-6-8-17/h4-10,13-14,16H,11-12,20H2,1-3H3. The Hall–Kier alpha value is -1.80. The van der Waals surface area contributed by atoms with Gasteiger partial charge in [0.15, 0.2) is 0 Å². The van der Waals surface area contributed by atoms with Crippen molar-refractivity contribution in [3.63, 3.8) is 0 Å². The van der Waals surface area contributed by atoms with Gasteiger partial charge in [0.05, 0.1) is 0 Å². The summed E-state index contributed by atoms with van der Waals surface area (Å²) in [5.74, 6) is 2.87. The first kappa shape index (κ1) is 15.6. The van der Waals surface area contributed by atoms with Crippen LogP contribution in [-0.4, -0.2) is 6.54 Å². The van der Waals surface area contributed by atoms with Gasteiger partial charge in [-0.15, -0.1) is 0 Å². The molecule has 0 aromatic heterocycles. The Morgan fingerprint density at radius 2 is 1.71 bits per heavy atom. The molecule has 2 N–H and O–H groups in total. The number of para-hydroxylation sites is 1. The Kier molecular flexibility index (Phi) is 5.40. The third kappa shape index (κ3) is 4.08. The minimum atomic E-state index is 0.513. The molecule has 0 saturated heterocycles. The Bertz CT molecular complexity index is 565. The summed E-state index contributed by atoms with van der Waals surface area (Å²) in [6.45, 7) is 7.45. The number of hydrogen-bond acceptors (Lipinski definition) is 2. The Morgan fingerprint density at radius 1 is 1.00 bits per heavy atom. The Labute approximate surface area is 127 Å². The lowest BCUT2D eigenvalue weighted by Gasteiger charge is -2.22. The molecule has 0 aliphatic carbocycles. The monoisotopic (exact) mass is 283 g/mol. The molecule has 0 heterocycles. The van der Waals surface area contributed by atoms with E-state index in [4.69, 9.17) is 10.5 Å². The van der Waals surface area contributed by atoms with E-state index in [1.54, 1.807) is 0 Å². The van der Waals surface area contributed by atoms with Gasteiger partial charge in [-0.05, 0) is 67.1 Å². The highest BCUT2D eigenvalue weighted by atomic mass is 16.5. The molecule has 2 unspecified atom stereocenters. The molecular formula is C19H25NO. The highest BCUT2D eigenvalue weighted by Crippen LogP contribution is 2.31. The average molecular weight is 283 g/mol. The molecule has 0 saturated carbocycles. The van der Waals surface area contributed by atoms with Gasteiger partial charge in [0.25, 0.3) is 0 Å². The molecule has 0 fully saturated rings. The van der Waals surface area contributed by atoms with Crippen LogP contribution in [0.5, 0.6) is 11.5 Å². The number of rotatable bonds is 6. The van der Waals surface area contributed by atoms with E-state index in [9.17, 15) is 0 Å². The maximum absolute atomic E-state index is 5.88. The second-order valence-corrected chi connectivity index (χ2v) is 5.78. The number of nitrogens with two attached hydrogens (primary N) is 1. The van der Waals surface area contributed by atoms with Crippen molar-refractivity contribution in [3.05, 3.63) is 59.7 Å². The predicted molar refractivity (Wildman–Crippen MR) is 88.9 cm³/mol. The number of aryl methyl sites for hydroxylation is 1. The van der Waals surface area contributed by atoms with Crippen molar-refractivity contribution in [2.75, 3.05) is 6.54 Å². The third-order valence-corrected chi connectivity index (χ3v) is 4.19. The molecule has 2 rings (SSSR count). The molecular weight excluding hydrogens is 258 g/mol. The lowest BCUT2D eigenvalue weighted by molar-refractivity contribution is 0.455. The van der Waals surface area contributed by atoms with Crippen LogP contribution >= 0.6 is 0 Å². The predicted octanol–water partition coefficient (Wildman–Crippen LogP) is 4.88. The summed E-state index contributed by atoms with van der Waals surface area (Å²) in [6.07, 6.45) is 1.06. The van der Waals surface area contributed by atoms with Crippen LogP contribution in [0, 0.1) is 12.8 Å². The average Bonchev–Trinajstić information content (AvgIpc) is 2.48. The van der Waals surface area contributed by atoms with Crippen molar-refractivity contribution in [3.8, 4) is 11.5 Å². The van der Waals surface area contributed by atoms with Crippen LogP contribution in [-0.2, 0) is 0 Å². The fourth-order valence-corrected chi connectivity index (χ4v) is 2.67. The summed E-state index contributed by atoms with van der Waals surface area (Å²) < 4.78 is 5.88. The van der Waals surface area contributed by atoms with Crippen molar-refractivity contribution in [2.45, 2.75) is 33.1 Å². The largest absolute Gasteiger partial charge is 0.457 e. The maximum Gasteiger partial charge on any atom is 0.127 e. The van der Waals surface area contributed by atoms with Crippen LogP contribution in [0.15, 0.2) is 48.5 Å². The summed E-state index contributed by atoms with van der Waals surface area (Å²) in [4.78, 5) is 0. The van der Waals surface area contributed by atoms with Gasteiger partial charge in [0.1, 0.15) is 11.5 Å². The summed E-state index contributed by atoms with van der Waals surface area (Å²) in [7, 11) is 0. The van der Waals surface area contributed by atoms with Crippen LogP contribution in [0.4, 0.5) is 0 Å². The molecule has 0 aliphatic heterocycles. The number of benzene rings is 2. The molecule has 0 aliphatic rings. The topological polar surface area (TPSA) is 35.2 Å². The minimum absolute atomic E-state index is 0.513. The Morgan fingerprint density at radius 3 is 2.33 bits per heavy atom. The normalized spacial score (nSPS) is 13.7. The van der Waals surface area contributed by atoms with Crippen LogP contribution in [0.3, 0.4) is 0 Å². The first-order valence-electron chi connectivity index (χ1n) is 7.65. The summed E-state index contributed by atoms with van der Waals surface area (Å²) in [5.41, 5.74) is 8.34. The van der Waals surface area contributed by atoms with Crippen molar-refractivity contribution in [1.29, 1.82) is 0 Å². The van der Waals surface area contributed by atoms with Crippen molar-refractivity contribution in [1.82, 2.24) is 0 Å². The van der Waals surface area contributed by atoms with Gasteiger partial charge in [-0.2, -0.15) is 0 Å². The van der Waals surface area contributed by atoms with Gasteiger partial charge in [0, 0.05) is 0 Å². The molecule has 2 nitrogen and oxygen atoms in total. The minimum Gasteiger partial charge on any atom is -0.457 e. The zero-order valence-electron chi connectivity index (χ0n) is 13.2. The number of ether oxygens (including phenoxy) is 1. The van der Waals surface area contributed by atoms with E-state index >= 15 is 0 Å². The van der Waals surface area contributed by atoms with Crippen LogP contribution < -0.4 is 10.5 Å². The number of hydrogen-bond donors (Lipinski definition) is 1. The van der Waals surface area contributed by atoms with Crippen LogP contribution in [0.1, 0.15) is 37.3 Å². The van der Waals surface area contributed by atoms with E-state index in [1.165, 1.54) is 11.1 Å². The fraction of sp³-hybridized carbons (Fsp3) is 0.368. The molecule has 0 bridgehead atoms. The van der Waals surface area contributed by atoms with Gasteiger partial charge in [-0.1, -0.05) is 38.1 Å². The smallest absolute Gasteiger partial charge is 0.127 e. The summed E-state index contributed by atoms with van der Waals surface area (Å²) in [6, 6.07) is 16.2. The van der Waals surface area contributed by atoms with E-state index in [-0.39, 0.29) is 0 Å². The molecule has 112 valence electrons. The molecule has 2 atom stereocenters. The highest BCUT2D eigenvalue weighted by Gasteiger charge is 2.16. The second-order valence-electron chi connectivity index (χ2n) is 5.78. The molecule has 2 heteroatoms. The van der Waals surface area contributed by atoms with E-state index < -0.39 is 0 Å². The van der Waals surface area contributed by atoms with Crippen molar-refractivity contribution in [2.24, 2.45) is 11.7 Å². The Balaban J connectivity index is 2.14. The van der Waals surface area contributed by atoms with E-state index in [0.29, 0.717) is 11.8 Å². The fourth-order valence-electron chi connectivity index (χ4n) is 2.67.